The molecule has 0 fully saturated rings. The number of aliphatic hydroxyl groups is 1. The number of benzene rings is 2. The molecule has 2 atom stereocenters. The number of hydrogen-bond donors (Lipinski definition) is 4. The Labute approximate surface area is 197 Å². The first-order valence-corrected chi connectivity index (χ1v) is 10.7. The summed E-state index contributed by atoms with van der Waals surface area (Å²) < 4.78 is 16.3. The Morgan fingerprint density at radius 1 is 1.21 bits per heavy atom. The second-order valence-electron chi connectivity index (χ2n) is 7.33. The molecule has 0 radical (unpaired) electrons. The minimum absolute atomic E-state index is 0.0952. The van der Waals surface area contributed by atoms with Crippen molar-refractivity contribution in [3.05, 3.63) is 70.9 Å². The second kappa shape index (κ2) is 11.7. The molecule has 0 saturated heterocycles. The molecular formula is C24H28N4O6. The van der Waals surface area contributed by atoms with Crippen molar-refractivity contribution in [2.45, 2.75) is 26.1 Å². The van der Waals surface area contributed by atoms with Crippen molar-refractivity contribution in [3.8, 4) is 11.5 Å². The van der Waals surface area contributed by atoms with Gasteiger partial charge < -0.3 is 30.0 Å². The first-order valence-electron chi connectivity index (χ1n) is 10.7. The lowest BCUT2D eigenvalue weighted by atomic mass is 9.95. The van der Waals surface area contributed by atoms with Crippen molar-refractivity contribution in [2.75, 3.05) is 20.3 Å². The summed E-state index contributed by atoms with van der Waals surface area (Å²) in [5, 5.41) is 19.5. The number of hydrazone groups is 1. The molecule has 0 spiro atoms. The van der Waals surface area contributed by atoms with Gasteiger partial charge in [0.2, 0.25) is 0 Å². The van der Waals surface area contributed by atoms with E-state index < -0.39 is 24.3 Å². The third-order valence-corrected chi connectivity index (χ3v) is 4.91. The molecule has 10 heteroatoms. The minimum Gasteiger partial charge on any atom is -0.490 e. The van der Waals surface area contributed by atoms with Gasteiger partial charge in [-0.3, -0.25) is 5.43 Å². The molecule has 1 aliphatic heterocycles. The molecule has 0 saturated carbocycles. The summed E-state index contributed by atoms with van der Waals surface area (Å²) in [7, 11) is 1.28. The number of methoxy groups -OCH3 is 1. The van der Waals surface area contributed by atoms with Crippen molar-refractivity contribution < 1.29 is 28.9 Å². The number of hydrogen-bond acceptors (Lipinski definition) is 8. The molecule has 3 rings (SSSR count). The van der Waals surface area contributed by atoms with E-state index in [2.05, 4.69) is 21.2 Å². The van der Waals surface area contributed by atoms with E-state index in [1.165, 1.54) is 7.11 Å². The Kier molecular flexibility index (Phi) is 8.47. The van der Waals surface area contributed by atoms with Crippen molar-refractivity contribution in [1.29, 1.82) is 0 Å². The van der Waals surface area contributed by atoms with E-state index in [-0.39, 0.29) is 12.2 Å². The van der Waals surface area contributed by atoms with Gasteiger partial charge in [-0.2, -0.15) is 5.10 Å². The zero-order chi connectivity index (χ0) is 24.5. The van der Waals surface area contributed by atoms with E-state index in [0.717, 1.165) is 5.56 Å². The molecule has 0 bridgehead atoms. The zero-order valence-electron chi connectivity index (χ0n) is 19.2. The lowest BCUT2D eigenvalue weighted by molar-refractivity contribution is -0.136. The van der Waals surface area contributed by atoms with Crippen LogP contribution in [0.4, 0.5) is 4.79 Å². The van der Waals surface area contributed by atoms with E-state index in [4.69, 9.17) is 14.2 Å². The van der Waals surface area contributed by atoms with Gasteiger partial charge in [0, 0.05) is 5.70 Å². The second-order valence-corrected chi connectivity index (χ2v) is 7.33. The average molecular weight is 469 g/mol. The highest BCUT2D eigenvalue weighted by atomic mass is 16.5. The van der Waals surface area contributed by atoms with Gasteiger partial charge in [-0.15, -0.1) is 0 Å². The van der Waals surface area contributed by atoms with Gasteiger partial charge in [0.1, 0.15) is 6.61 Å². The number of rotatable bonds is 10. The van der Waals surface area contributed by atoms with E-state index in [1.54, 1.807) is 31.3 Å². The van der Waals surface area contributed by atoms with Gasteiger partial charge in [0.05, 0.1) is 31.5 Å². The van der Waals surface area contributed by atoms with Crippen LogP contribution in [0, 0.1) is 0 Å². The van der Waals surface area contributed by atoms with Crippen LogP contribution in [-0.2, 0) is 9.53 Å². The minimum atomic E-state index is -1.06. The Bertz CT molecular complexity index is 1070. The maximum absolute atomic E-state index is 12.3. The number of aliphatic hydroxyl groups excluding tert-OH is 1. The van der Waals surface area contributed by atoms with Crippen LogP contribution < -0.4 is 25.5 Å². The summed E-state index contributed by atoms with van der Waals surface area (Å²) in [5.74, 6) is 0.229. The van der Waals surface area contributed by atoms with Crippen LogP contribution in [0.25, 0.3) is 0 Å². The molecule has 1 heterocycles. The fourth-order valence-corrected chi connectivity index (χ4v) is 3.36. The fourth-order valence-electron chi connectivity index (χ4n) is 3.36. The first kappa shape index (κ1) is 24.6. The molecule has 2 amide bonds. The molecule has 0 aromatic heterocycles. The van der Waals surface area contributed by atoms with Crippen LogP contribution in [0.2, 0.25) is 0 Å². The maximum atomic E-state index is 12.3. The Hall–Kier alpha value is -4.05. The molecule has 10 nitrogen and oxygen atoms in total. The molecule has 0 aliphatic carbocycles. The highest BCUT2D eigenvalue weighted by Gasteiger charge is 2.32. The molecule has 1 aliphatic rings. The van der Waals surface area contributed by atoms with Crippen molar-refractivity contribution >= 4 is 18.2 Å². The van der Waals surface area contributed by atoms with Gasteiger partial charge in [0.15, 0.2) is 17.7 Å². The molecular weight excluding hydrogens is 440 g/mol. The van der Waals surface area contributed by atoms with Gasteiger partial charge in [-0.05, 0) is 37.1 Å². The quantitative estimate of drug-likeness (QED) is 0.182. The Balaban J connectivity index is 1.72. The lowest BCUT2D eigenvalue weighted by Crippen LogP contribution is -2.45. The normalized spacial score (nSPS) is 16.5. The average Bonchev–Trinajstić information content (AvgIpc) is 2.83. The van der Waals surface area contributed by atoms with Gasteiger partial charge in [-0.1, -0.05) is 36.4 Å². The van der Waals surface area contributed by atoms with Gasteiger partial charge >= 0.3 is 12.0 Å². The number of amides is 2. The molecule has 2 aromatic rings. The summed E-state index contributed by atoms with van der Waals surface area (Å²) in [5.41, 5.74) is 4.79. The molecule has 4 N–H and O–H groups in total. The number of allylic oxidation sites excluding steroid dienone is 1. The summed E-state index contributed by atoms with van der Waals surface area (Å²) >= 11 is 0. The van der Waals surface area contributed by atoms with Gasteiger partial charge in [0.25, 0.3) is 0 Å². The zero-order valence-corrected chi connectivity index (χ0v) is 19.2. The predicted octanol–water partition coefficient (Wildman–Crippen LogP) is 2.21. The molecule has 0 unspecified atom stereocenters. The first-order chi connectivity index (χ1) is 16.4. The highest BCUT2D eigenvalue weighted by molar-refractivity contribution is 5.95. The van der Waals surface area contributed by atoms with Gasteiger partial charge in [-0.25, -0.2) is 9.59 Å². The van der Waals surface area contributed by atoms with E-state index in [1.807, 2.05) is 37.3 Å². The number of ether oxygens (including phenoxy) is 3. The number of urea groups is 1. The summed E-state index contributed by atoms with van der Waals surface area (Å²) in [6.07, 6.45) is 0.528. The molecule has 180 valence electrons. The standard InChI is InChI=1S/C24H28N4O6/c1-4-33-19-12-17(22-21(23(30)32-3)15(2)26-24(31)27-22)10-11-18(19)34-14-20(29)28-25-13-16-8-6-5-7-9-16/h5-13,20,22,28-29H,4,14H2,1-3H3,(H2,26,27,31)/b25-13-/t20-,22+/m1/s1. The Morgan fingerprint density at radius 2 is 1.97 bits per heavy atom. The van der Waals surface area contributed by atoms with Crippen LogP contribution in [0.3, 0.4) is 0 Å². The third kappa shape index (κ3) is 6.26. The van der Waals surface area contributed by atoms with Crippen LogP contribution in [0.15, 0.2) is 64.9 Å². The summed E-state index contributed by atoms with van der Waals surface area (Å²) in [4.78, 5) is 24.4. The van der Waals surface area contributed by atoms with Crippen molar-refractivity contribution in [3.63, 3.8) is 0 Å². The summed E-state index contributed by atoms with van der Waals surface area (Å²) in [6.45, 7) is 3.72. The third-order valence-electron chi connectivity index (χ3n) is 4.91. The van der Waals surface area contributed by atoms with E-state index in [0.29, 0.717) is 29.4 Å². The lowest BCUT2D eigenvalue weighted by Gasteiger charge is -2.28. The number of nitrogens with one attached hydrogen (secondary N) is 3. The highest BCUT2D eigenvalue weighted by Crippen LogP contribution is 2.34. The fraction of sp³-hybridized carbons (Fsp3) is 0.292. The summed E-state index contributed by atoms with van der Waals surface area (Å²) in [6, 6.07) is 13.3. The predicted molar refractivity (Wildman–Crippen MR) is 125 cm³/mol. The number of carbonyl (C=O) groups is 2. The van der Waals surface area contributed by atoms with Crippen LogP contribution in [0.5, 0.6) is 11.5 Å². The van der Waals surface area contributed by atoms with Crippen molar-refractivity contribution in [1.82, 2.24) is 16.1 Å². The van der Waals surface area contributed by atoms with Crippen LogP contribution in [-0.4, -0.2) is 49.9 Å². The van der Waals surface area contributed by atoms with Crippen LogP contribution in [0.1, 0.15) is 31.0 Å². The monoisotopic (exact) mass is 468 g/mol. The van der Waals surface area contributed by atoms with E-state index >= 15 is 0 Å². The van der Waals surface area contributed by atoms with Crippen molar-refractivity contribution in [2.24, 2.45) is 5.10 Å². The van der Waals surface area contributed by atoms with Crippen LogP contribution >= 0.6 is 0 Å². The maximum Gasteiger partial charge on any atom is 0.337 e. The smallest absolute Gasteiger partial charge is 0.337 e. The molecule has 2 aromatic carbocycles. The number of esters is 1. The topological polar surface area (TPSA) is 131 Å². The Morgan fingerprint density at radius 3 is 2.68 bits per heavy atom. The molecule has 34 heavy (non-hydrogen) atoms. The SMILES string of the molecule is CCOc1cc([C@@H]2NC(=O)NC(C)=C2C(=O)OC)ccc1OC[C@@H](O)N/N=C\c1ccccc1. The number of nitrogens with zero attached hydrogens (tertiary/aromatic N) is 1. The number of carbonyl (C=O) groups excluding carboxylic acids is 2. The largest absolute Gasteiger partial charge is 0.490 e. The van der Waals surface area contributed by atoms with E-state index in [9.17, 15) is 14.7 Å².